The average Bonchev–Trinajstić information content (AvgIpc) is 3.25. The molecule has 30 heavy (non-hydrogen) atoms. The lowest BCUT2D eigenvalue weighted by atomic mass is 9.87. The van der Waals surface area contributed by atoms with Crippen molar-refractivity contribution in [1.29, 1.82) is 0 Å². The van der Waals surface area contributed by atoms with E-state index in [2.05, 4.69) is 36.4 Å². The molecule has 1 amide bonds. The second-order valence-corrected chi connectivity index (χ2v) is 8.46. The summed E-state index contributed by atoms with van der Waals surface area (Å²) in [6.45, 7) is 7.72. The summed E-state index contributed by atoms with van der Waals surface area (Å²) in [7, 11) is 1.63. The van der Waals surface area contributed by atoms with Gasteiger partial charge in [0.15, 0.2) is 0 Å². The smallest absolute Gasteiger partial charge is 0.257 e. The molecule has 0 bridgehead atoms. The molecule has 3 rings (SSSR count). The number of ether oxygens (including phenoxy) is 2. The van der Waals surface area contributed by atoms with Crippen LogP contribution in [0.5, 0.6) is 5.75 Å². The summed E-state index contributed by atoms with van der Waals surface area (Å²) >= 11 is 0. The van der Waals surface area contributed by atoms with E-state index >= 15 is 0 Å². The van der Waals surface area contributed by atoms with Crippen LogP contribution in [0.4, 0.5) is 5.69 Å². The number of hydrogen-bond donors (Lipinski definition) is 2. The second kappa shape index (κ2) is 9.76. The lowest BCUT2D eigenvalue weighted by molar-refractivity contribution is 0.0975. The molecule has 1 fully saturated rings. The molecular formula is C24H31N3O3. The predicted molar refractivity (Wildman–Crippen MR) is 121 cm³/mol. The van der Waals surface area contributed by atoms with Crippen LogP contribution in [-0.4, -0.2) is 38.2 Å². The summed E-state index contributed by atoms with van der Waals surface area (Å²) in [5.74, 6) is 0.962. The Morgan fingerprint density at radius 1 is 1.13 bits per heavy atom. The minimum atomic E-state index is -0.206. The maximum atomic E-state index is 12.8. The Bertz CT molecular complexity index is 862. The van der Waals surface area contributed by atoms with Gasteiger partial charge in [0.25, 0.3) is 5.91 Å². The Labute approximate surface area is 178 Å². The summed E-state index contributed by atoms with van der Waals surface area (Å²) in [6, 6.07) is 15.2. The van der Waals surface area contributed by atoms with E-state index < -0.39 is 0 Å². The minimum absolute atomic E-state index is 0.0405. The minimum Gasteiger partial charge on any atom is -0.497 e. The third kappa shape index (κ3) is 6.07. The van der Waals surface area contributed by atoms with Gasteiger partial charge in [-0.15, -0.1) is 0 Å². The quantitative estimate of drug-likeness (QED) is 0.568. The van der Waals surface area contributed by atoms with Crippen molar-refractivity contribution in [1.82, 2.24) is 5.32 Å². The molecule has 2 N–H and O–H groups in total. The van der Waals surface area contributed by atoms with Gasteiger partial charge in [-0.2, -0.15) is 0 Å². The van der Waals surface area contributed by atoms with Gasteiger partial charge in [0.2, 0.25) is 5.96 Å². The Hall–Kier alpha value is -2.86. The lowest BCUT2D eigenvalue weighted by Gasteiger charge is -2.19. The molecule has 0 spiro atoms. The van der Waals surface area contributed by atoms with E-state index in [9.17, 15) is 4.79 Å². The SMILES string of the molecule is COc1ccc(NC(=NC[C@@H]2CCCO2)NC(=O)c2ccc(C(C)(C)C)cc2)cc1. The Balaban J connectivity index is 1.73. The van der Waals surface area contributed by atoms with Crippen LogP contribution in [0.2, 0.25) is 0 Å². The molecule has 160 valence electrons. The highest BCUT2D eigenvalue weighted by atomic mass is 16.5. The van der Waals surface area contributed by atoms with Gasteiger partial charge in [0.1, 0.15) is 5.75 Å². The van der Waals surface area contributed by atoms with Crippen LogP contribution in [0, 0.1) is 0 Å². The number of rotatable bonds is 5. The van der Waals surface area contributed by atoms with Gasteiger partial charge < -0.3 is 14.8 Å². The topological polar surface area (TPSA) is 71.9 Å². The van der Waals surface area contributed by atoms with Gasteiger partial charge in [0.05, 0.1) is 19.8 Å². The lowest BCUT2D eigenvalue weighted by Crippen LogP contribution is -2.36. The predicted octanol–water partition coefficient (Wildman–Crippen LogP) is 4.37. The van der Waals surface area contributed by atoms with E-state index in [0.717, 1.165) is 30.9 Å². The van der Waals surface area contributed by atoms with Crippen molar-refractivity contribution in [2.75, 3.05) is 25.6 Å². The normalized spacial score (nSPS) is 16.9. The number of guanidine groups is 1. The van der Waals surface area contributed by atoms with Crippen molar-refractivity contribution >= 4 is 17.6 Å². The monoisotopic (exact) mass is 409 g/mol. The Kier molecular flexibility index (Phi) is 7.11. The summed E-state index contributed by atoms with van der Waals surface area (Å²) in [5.41, 5.74) is 2.62. The van der Waals surface area contributed by atoms with Gasteiger partial charge in [-0.05, 0) is 60.2 Å². The van der Waals surface area contributed by atoms with Crippen molar-refractivity contribution in [3.63, 3.8) is 0 Å². The summed E-state index contributed by atoms with van der Waals surface area (Å²) in [4.78, 5) is 17.4. The second-order valence-electron chi connectivity index (χ2n) is 8.46. The maximum Gasteiger partial charge on any atom is 0.257 e. The standard InChI is InChI=1S/C24H31N3O3/c1-24(2,3)18-9-7-17(8-10-18)22(28)27-23(25-16-21-6-5-15-30-21)26-19-11-13-20(29-4)14-12-19/h7-14,21H,5-6,15-16H2,1-4H3,(H2,25,26,27,28)/t21-/m0/s1. The van der Waals surface area contributed by atoms with Crippen molar-refractivity contribution < 1.29 is 14.3 Å². The summed E-state index contributed by atoms with van der Waals surface area (Å²) in [5, 5.41) is 6.10. The van der Waals surface area contributed by atoms with Crippen molar-refractivity contribution in [3.05, 3.63) is 59.7 Å². The number of methoxy groups -OCH3 is 1. The molecule has 0 radical (unpaired) electrons. The molecule has 1 heterocycles. The van der Waals surface area contributed by atoms with Crippen LogP contribution in [0.25, 0.3) is 0 Å². The van der Waals surface area contributed by atoms with Crippen molar-refractivity contribution in [2.45, 2.75) is 45.1 Å². The first kappa shape index (κ1) is 21.8. The molecule has 1 atom stereocenters. The molecule has 0 aliphatic carbocycles. The van der Waals surface area contributed by atoms with Crippen LogP contribution < -0.4 is 15.4 Å². The summed E-state index contributed by atoms with van der Waals surface area (Å²) < 4.78 is 10.9. The number of carbonyl (C=O) groups is 1. The van der Waals surface area contributed by atoms with Crippen LogP contribution in [0.3, 0.4) is 0 Å². The molecule has 1 saturated heterocycles. The van der Waals surface area contributed by atoms with E-state index in [4.69, 9.17) is 9.47 Å². The Morgan fingerprint density at radius 3 is 2.40 bits per heavy atom. The Morgan fingerprint density at radius 2 is 1.83 bits per heavy atom. The van der Waals surface area contributed by atoms with Crippen molar-refractivity contribution in [3.8, 4) is 5.75 Å². The third-order valence-corrected chi connectivity index (χ3v) is 5.07. The first-order chi connectivity index (χ1) is 14.3. The highest BCUT2D eigenvalue weighted by Gasteiger charge is 2.17. The summed E-state index contributed by atoms with van der Waals surface area (Å²) in [6.07, 6.45) is 2.13. The molecule has 1 aliphatic heterocycles. The third-order valence-electron chi connectivity index (χ3n) is 5.07. The molecule has 0 aromatic heterocycles. The van der Waals surface area contributed by atoms with E-state index in [1.807, 2.05) is 48.5 Å². The number of aliphatic imine (C=N–C) groups is 1. The fraction of sp³-hybridized carbons (Fsp3) is 0.417. The molecule has 2 aromatic carbocycles. The van der Waals surface area contributed by atoms with Crippen LogP contribution in [0.1, 0.15) is 49.5 Å². The van der Waals surface area contributed by atoms with Gasteiger partial charge in [0, 0.05) is 17.9 Å². The zero-order valence-electron chi connectivity index (χ0n) is 18.2. The fourth-order valence-electron chi connectivity index (χ4n) is 3.20. The molecule has 0 unspecified atom stereocenters. The molecular weight excluding hydrogens is 378 g/mol. The average molecular weight is 410 g/mol. The highest BCUT2D eigenvalue weighted by Crippen LogP contribution is 2.22. The van der Waals surface area contributed by atoms with Crippen LogP contribution in [-0.2, 0) is 10.2 Å². The van der Waals surface area contributed by atoms with Crippen LogP contribution >= 0.6 is 0 Å². The molecule has 2 aromatic rings. The number of carbonyl (C=O) groups excluding carboxylic acids is 1. The van der Waals surface area contributed by atoms with Gasteiger partial charge in [-0.3, -0.25) is 10.1 Å². The van der Waals surface area contributed by atoms with E-state index in [-0.39, 0.29) is 17.4 Å². The van der Waals surface area contributed by atoms with Gasteiger partial charge in [-0.1, -0.05) is 32.9 Å². The number of anilines is 1. The first-order valence-electron chi connectivity index (χ1n) is 10.3. The van der Waals surface area contributed by atoms with E-state index in [1.165, 1.54) is 5.56 Å². The number of hydrogen-bond acceptors (Lipinski definition) is 4. The van der Waals surface area contributed by atoms with Crippen LogP contribution in [0.15, 0.2) is 53.5 Å². The first-order valence-corrected chi connectivity index (χ1v) is 10.3. The van der Waals surface area contributed by atoms with E-state index in [1.54, 1.807) is 7.11 Å². The van der Waals surface area contributed by atoms with Gasteiger partial charge in [-0.25, -0.2) is 4.99 Å². The highest BCUT2D eigenvalue weighted by molar-refractivity contribution is 6.10. The number of nitrogens with one attached hydrogen (secondary N) is 2. The molecule has 6 heteroatoms. The number of amides is 1. The van der Waals surface area contributed by atoms with E-state index in [0.29, 0.717) is 18.1 Å². The van der Waals surface area contributed by atoms with Gasteiger partial charge >= 0.3 is 0 Å². The number of nitrogens with zero attached hydrogens (tertiary/aromatic N) is 1. The molecule has 0 saturated carbocycles. The molecule has 1 aliphatic rings. The largest absolute Gasteiger partial charge is 0.497 e. The maximum absolute atomic E-state index is 12.8. The molecule has 6 nitrogen and oxygen atoms in total. The zero-order valence-corrected chi connectivity index (χ0v) is 18.2. The zero-order chi connectivity index (χ0) is 21.6. The van der Waals surface area contributed by atoms with Crippen molar-refractivity contribution in [2.24, 2.45) is 4.99 Å². The fourth-order valence-corrected chi connectivity index (χ4v) is 3.20. The number of benzene rings is 2.